The first kappa shape index (κ1) is 16.5. The molecule has 23 heavy (non-hydrogen) atoms. The Bertz CT molecular complexity index is 520. The van der Waals surface area contributed by atoms with Crippen LogP contribution in [0.15, 0.2) is 30.3 Å². The molecule has 126 valence electrons. The van der Waals surface area contributed by atoms with E-state index in [1.54, 1.807) is 0 Å². The van der Waals surface area contributed by atoms with Gasteiger partial charge in [-0.2, -0.15) is 0 Å². The zero-order valence-corrected chi connectivity index (χ0v) is 14.6. The first-order valence-corrected chi connectivity index (χ1v) is 9.18. The van der Waals surface area contributed by atoms with Gasteiger partial charge in [0, 0.05) is 18.5 Å². The van der Waals surface area contributed by atoms with E-state index in [1.807, 2.05) is 0 Å². The van der Waals surface area contributed by atoms with Crippen molar-refractivity contribution < 1.29 is 4.79 Å². The van der Waals surface area contributed by atoms with Gasteiger partial charge < -0.3 is 0 Å². The van der Waals surface area contributed by atoms with E-state index in [0.717, 1.165) is 19.5 Å². The predicted molar refractivity (Wildman–Crippen MR) is 93.9 cm³/mol. The Morgan fingerprint density at radius 2 is 1.78 bits per heavy atom. The molecule has 0 bridgehead atoms. The summed E-state index contributed by atoms with van der Waals surface area (Å²) in [6, 6.07) is 10.7. The first-order chi connectivity index (χ1) is 11.1. The molecular weight excluding hydrogens is 284 g/mol. The van der Waals surface area contributed by atoms with Crippen LogP contribution in [0.1, 0.15) is 63.9 Å². The Balaban J connectivity index is 1.56. The van der Waals surface area contributed by atoms with Crippen LogP contribution < -0.4 is 5.43 Å². The molecule has 3 heteroatoms. The van der Waals surface area contributed by atoms with E-state index in [-0.39, 0.29) is 11.3 Å². The lowest BCUT2D eigenvalue weighted by atomic mass is 9.70. The lowest BCUT2D eigenvalue weighted by Crippen LogP contribution is -2.49. The average Bonchev–Trinajstić information content (AvgIpc) is 3.05. The van der Waals surface area contributed by atoms with Gasteiger partial charge in [0.15, 0.2) is 0 Å². The molecule has 0 spiro atoms. The minimum Gasteiger partial charge on any atom is -0.288 e. The van der Waals surface area contributed by atoms with Crippen LogP contribution >= 0.6 is 0 Å². The van der Waals surface area contributed by atoms with E-state index in [4.69, 9.17) is 0 Å². The zero-order valence-electron chi connectivity index (χ0n) is 14.6. The summed E-state index contributed by atoms with van der Waals surface area (Å²) in [7, 11) is 0. The highest BCUT2D eigenvalue weighted by atomic mass is 16.2. The molecule has 2 aliphatic rings. The van der Waals surface area contributed by atoms with Gasteiger partial charge in [-0.1, -0.05) is 63.4 Å². The topological polar surface area (TPSA) is 32.3 Å². The van der Waals surface area contributed by atoms with Crippen LogP contribution in [-0.2, 0) is 4.79 Å². The maximum atomic E-state index is 12.8. The molecule has 1 N–H and O–H groups in total. The Hall–Kier alpha value is -1.35. The van der Waals surface area contributed by atoms with Crippen LogP contribution in [0.2, 0.25) is 0 Å². The van der Waals surface area contributed by atoms with Crippen molar-refractivity contribution in [2.45, 2.75) is 58.3 Å². The van der Waals surface area contributed by atoms with Gasteiger partial charge in [0.05, 0.1) is 0 Å². The third-order valence-electron chi connectivity index (χ3n) is 5.93. The highest BCUT2D eigenvalue weighted by Gasteiger charge is 2.38. The maximum absolute atomic E-state index is 12.8. The number of nitrogens with one attached hydrogen (secondary N) is 1. The summed E-state index contributed by atoms with van der Waals surface area (Å²) in [5.74, 6) is 1.27. The fourth-order valence-corrected chi connectivity index (χ4v) is 4.16. The Labute approximate surface area is 140 Å². The Morgan fingerprint density at radius 3 is 2.48 bits per heavy atom. The summed E-state index contributed by atoms with van der Waals surface area (Å²) in [6.45, 7) is 6.13. The van der Waals surface area contributed by atoms with E-state index >= 15 is 0 Å². The molecule has 3 rings (SSSR count). The molecule has 1 saturated carbocycles. The van der Waals surface area contributed by atoms with Crippen molar-refractivity contribution in [1.29, 1.82) is 0 Å². The van der Waals surface area contributed by atoms with Gasteiger partial charge in [0.1, 0.15) is 0 Å². The van der Waals surface area contributed by atoms with Crippen LogP contribution in [0.4, 0.5) is 0 Å². The van der Waals surface area contributed by atoms with Crippen LogP contribution in [0.5, 0.6) is 0 Å². The maximum Gasteiger partial charge on any atom is 0.240 e. The van der Waals surface area contributed by atoms with Gasteiger partial charge in [-0.05, 0) is 36.7 Å². The fourth-order valence-electron chi connectivity index (χ4n) is 4.16. The molecule has 1 saturated heterocycles. The highest BCUT2D eigenvalue weighted by molar-refractivity contribution is 5.81. The first-order valence-electron chi connectivity index (χ1n) is 9.18. The fraction of sp³-hybridized carbons (Fsp3) is 0.650. The van der Waals surface area contributed by atoms with Crippen molar-refractivity contribution in [3.05, 3.63) is 35.9 Å². The van der Waals surface area contributed by atoms with Gasteiger partial charge in [-0.25, -0.2) is 5.01 Å². The van der Waals surface area contributed by atoms with Gasteiger partial charge in [-0.15, -0.1) is 0 Å². The summed E-state index contributed by atoms with van der Waals surface area (Å²) in [5, 5.41) is 2.13. The lowest BCUT2D eigenvalue weighted by Gasteiger charge is -2.36. The normalized spacial score (nSPS) is 23.8. The molecule has 0 aromatic heterocycles. The van der Waals surface area contributed by atoms with Crippen molar-refractivity contribution in [2.24, 2.45) is 11.3 Å². The number of benzene rings is 1. The van der Waals surface area contributed by atoms with Gasteiger partial charge in [0.2, 0.25) is 5.91 Å². The number of carbonyl (C=O) groups is 1. The molecule has 1 aromatic carbocycles. The van der Waals surface area contributed by atoms with E-state index in [0.29, 0.717) is 11.8 Å². The SMILES string of the molecule is CC(C)(C(=O)NN1CCC(c2ccccc2)C1)C1CCCCC1. The largest absolute Gasteiger partial charge is 0.288 e. The van der Waals surface area contributed by atoms with Gasteiger partial charge >= 0.3 is 0 Å². The number of hydrazine groups is 1. The van der Waals surface area contributed by atoms with E-state index in [2.05, 4.69) is 54.6 Å². The minimum absolute atomic E-state index is 0.207. The van der Waals surface area contributed by atoms with Crippen molar-refractivity contribution in [2.75, 3.05) is 13.1 Å². The molecule has 1 aliphatic heterocycles. The molecule has 2 fully saturated rings. The number of amides is 1. The molecule has 1 amide bonds. The quantitative estimate of drug-likeness (QED) is 0.907. The number of rotatable bonds is 4. The van der Waals surface area contributed by atoms with Crippen LogP contribution in [-0.4, -0.2) is 24.0 Å². The molecule has 1 aliphatic carbocycles. The monoisotopic (exact) mass is 314 g/mol. The lowest BCUT2D eigenvalue weighted by molar-refractivity contribution is -0.137. The molecule has 0 radical (unpaired) electrons. The molecule has 3 nitrogen and oxygen atoms in total. The number of hydrogen-bond donors (Lipinski definition) is 1. The van der Waals surface area contributed by atoms with Crippen molar-refractivity contribution in [3.8, 4) is 0 Å². The van der Waals surface area contributed by atoms with Crippen LogP contribution in [0, 0.1) is 11.3 Å². The van der Waals surface area contributed by atoms with E-state index in [1.165, 1.54) is 37.7 Å². The Kier molecular flexibility index (Phi) is 5.05. The predicted octanol–water partition coefficient (Wildman–Crippen LogP) is 4.11. The van der Waals surface area contributed by atoms with Crippen molar-refractivity contribution >= 4 is 5.91 Å². The number of nitrogens with zero attached hydrogens (tertiary/aromatic N) is 1. The Morgan fingerprint density at radius 1 is 1.09 bits per heavy atom. The number of hydrogen-bond acceptors (Lipinski definition) is 2. The second kappa shape index (κ2) is 7.04. The number of carbonyl (C=O) groups excluding carboxylic acids is 1. The summed E-state index contributed by atoms with van der Waals surface area (Å²) in [6.07, 6.45) is 7.41. The summed E-state index contributed by atoms with van der Waals surface area (Å²) in [5.41, 5.74) is 4.34. The summed E-state index contributed by atoms with van der Waals surface area (Å²) >= 11 is 0. The second-order valence-corrected chi connectivity index (χ2v) is 7.84. The van der Waals surface area contributed by atoms with Gasteiger partial charge in [-0.3, -0.25) is 10.2 Å². The minimum atomic E-state index is -0.259. The summed E-state index contributed by atoms with van der Waals surface area (Å²) in [4.78, 5) is 12.8. The molecule has 1 heterocycles. The smallest absolute Gasteiger partial charge is 0.240 e. The van der Waals surface area contributed by atoms with Gasteiger partial charge in [0.25, 0.3) is 0 Å². The van der Waals surface area contributed by atoms with Crippen molar-refractivity contribution in [3.63, 3.8) is 0 Å². The third-order valence-corrected chi connectivity index (χ3v) is 5.93. The molecule has 1 atom stereocenters. The zero-order chi connectivity index (χ0) is 16.3. The third kappa shape index (κ3) is 3.77. The summed E-state index contributed by atoms with van der Waals surface area (Å²) < 4.78 is 0. The van der Waals surface area contributed by atoms with Crippen molar-refractivity contribution in [1.82, 2.24) is 10.4 Å². The van der Waals surface area contributed by atoms with Crippen LogP contribution in [0.3, 0.4) is 0 Å². The molecular formula is C20H30N2O. The van der Waals surface area contributed by atoms with Crippen LogP contribution in [0.25, 0.3) is 0 Å². The standard InChI is InChI=1S/C20H30N2O/c1-20(2,18-11-7-4-8-12-18)19(23)21-22-14-13-17(15-22)16-9-5-3-6-10-16/h3,5-6,9-10,17-18H,4,7-8,11-15H2,1-2H3,(H,21,23). The average molecular weight is 314 g/mol. The van der Waals surface area contributed by atoms with E-state index in [9.17, 15) is 4.79 Å². The molecule has 1 aromatic rings. The van der Waals surface area contributed by atoms with E-state index < -0.39 is 0 Å². The highest BCUT2D eigenvalue weighted by Crippen LogP contribution is 2.38. The molecule has 1 unspecified atom stereocenters. The second-order valence-electron chi connectivity index (χ2n) is 7.84.